The first-order chi connectivity index (χ1) is 12.1. The van der Waals surface area contributed by atoms with Crippen molar-refractivity contribution in [1.29, 1.82) is 0 Å². The first-order valence-electron chi connectivity index (χ1n) is 8.77. The second-order valence-corrected chi connectivity index (χ2v) is 11.0. The van der Waals surface area contributed by atoms with Crippen molar-refractivity contribution < 1.29 is 0 Å². The lowest BCUT2D eigenvalue weighted by Gasteiger charge is -2.16. The van der Waals surface area contributed by atoms with Crippen molar-refractivity contribution >= 4 is 36.3 Å². The highest BCUT2D eigenvalue weighted by atomic mass is 31.2. The number of benzene rings is 4. The maximum Gasteiger partial charge on any atom is 0.365 e. The first-order valence-corrected chi connectivity index (χ1v) is 11.4. The van der Waals surface area contributed by atoms with E-state index < -0.39 is 7.14 Å². The summed E-state index contributed by atoms with van der Waals surface area (Å²) in [5, 5.41) is 5.30. The van der Waals surface area contributed by atoms with Gasteiger partial charge in [-0.15, -0.1) is 0 Å². The van der Waals surface area contributed by atoms with Gasteiger partial charge in [0.2, 0.25) is 0 Å². The van der Waals surface area contributed by atoms with Gasteiger partial charge in [0.1, 0.15) is 0 Å². The van der Waals surface area contributed by atoms with Gasteiger partial charge >= 0.3 is 7.57 Å². The summed E-state index contributed by atoms with van der Waals surface area (Å²) < 4.78 is 0. The van der Waals surface area contributed by atoms with Gasteiger partial charge in [0, 0.05) is 6.66 Å². The van der Waals surface area contributed by atoms with Gasteiger partial charge in [-0.2, -0.15) is 0 Å². The van der Waals surface area contributed by atoms with Gasteiger partial charge in [-0.3, -0.25) is 0 Å². The van der Waals surface area contributed by atoms with Crippen LogP contribution in [0.3, 0.4) is 0 Å². The molecule has 2 heteroatoms. The normalized spacial score (nSPS) is 15.6. The van der Waals surface area contributed by atoms with E-state index in [2.05, 4.69) is 79.5 Å². The Morgan fingerprint density at radius 2 is 1.08 bits per heavy atom. The molecular weight excluding hydrogens is 318 g/mol. The molecule has 1 aliphatic rings. The van der Waals surface area contributed by atoms with Crippen LogP contribution in [-0.2, 0) is 12.3 Å². The van der Waals surface area contributed by atoms with Crippen molar-refractivity contribution in [3.05, 3.63) is 83.9 Å². The molecule has 4 aromatic carbocycles. The molecule has 0 amide bonds. The van der Waals surface area contributed by atoms with E-state index in [9.17, 15) is 0 Å². The van der Waals surface area contributed by atoms with Crippen molar-refractivity contribution in [2.75, 3.05) is 6.66 Å². The van der Waals surface area contributed by atoms with E-state index in [-0.39, 0.29) is 0 Å². The topological polar surface area (TPSA) is 0 Å². The lowest BCUT2D eigenvalue weighted by Crippen LogP contribution is -1.97. The summed E-state index contributed by atoms with van der Waals surface area (Å²) in [6, 6.07) is 26.6. The Morgan fingerprint density at radius 3 is 1.56 bits per heavy atom. The fourth-order valence-electron chi connectivity index (χ4n) is 4.32. The SMILES string of the molecule is [B][P+]1(C)Cc2ccc3ccccc3c2-c2c(ccc3ccccc23)C1. The van der Waals surface area contributed by atoms with Crippen molar-refractivity contribution in [3.63, 3.8) is 0 Å². The molecule has 1 heterocycles. The molecule has 5 rings (SSSR count). The molecule has 4 aromatic rings. The van der Waals surface area contributed by atoms with Gasteiger partial charge in [-0.25, -0.2) is 0 Å². The summed E-state index contributed by atoms with van der Waals surface area (Å²) in [6.07, 6.45) is 2.02. The predicted molar refractivity (Wildman–Crippen MR) is 113 cm³/mol. The summed E-state index contributed by atoms with van der Waals surface area (Å²) in [6.45, 7) is 2.29. The molecule has 0 saturated heterocycles. The van der Waals surface area contributed by atoms with Gasteiger partial charge in [-0.1, -0.05) is 72.8 Å². The molecule has 0 spiro atoms. The van der Waals surface area contributed by atoms with Crippen molar-refractivity contribution in [2.45, 2.75) is 12.3 Å². The van der Waals surface area contributed by atoms with Crippen molar-refractivity contribution in [1.82, 2.24) is 0 Å². The van der Waals surface area contributed by atoms with Crippen molar-refractivity contribution in [3.8, 4) is 11.1 Å². The number of rotatable bonds is 0. The van der Waals surface area contributed by atoms with Crippen LogP contribution in [0.25, 0.3) is 32.7 Å². The maximum absolute atomic E-state index is 6.81. The monoisotopic (exact) mass is 337 g/mol. The smallest absolute Gasteiger partial charge is 0.0616 e. The summed E-state index contributed by atoms with van der Waals surface area (Å²) in [7, 11) is 5.31. The lowest BCUT2D eigenvalue weighted by atomic mass is 9.88. The van der Waals surface area contributed by atoms with Crippen LogP contribution < -0.4 is 0 Å². The molecule has 118 valence electrons. The first kappa shape index (κ1) is 15.2. The molecule has 0 atom stereocenters. The molecule has 0 bridgehead atoms. The van der Waals surface area contributed by atoms with Gasteiger partial charge in [-0.05, 0) is 50.9 Å². The number of hydrogen-bond donors (Lipinski definition) is 0. The van der Waals surface area contributed by atoms with E-state index in [4.69, 9.17) is 7.57 Å². The second-order valence-electron chi connectivity index (χ2n) is 7.44. The van der Waals surface area contributed by atoms with Gasteiger partial charge in [0.25, 0.3) is 0 Å². The Balaban J connectivity index is 2.00. The third-order valence-electron chi connectivity index (χ3n) is 5.34. The summed E-state index contributed by atoms with van der Waals surface area (Å²) in [5.41, 5.74) is 5.62. The summed E-state index contributed by atoms with van der Waals surface area (Å²) >= 11 is 0. The molecule has 25 heavy (non-hydrogen) atoms. The van der Waals surface area contributed by atoms with Crippen molar-refractivity contribution in [2.24, 2.45) is 0 Å². The molecule has 0 saturated carbocycles. The zero-order valence-electron chi connectivity index (χ0n) is 14.4. The fourth-order valence-corrected chi connectivity index (χ4v) is 6.52. The Kier molecular flexibility index (Phi) is 3.31. The van der Waals surface area contributed by atoms with E-state index in [1.54, 1.807) is 0 Å². The predicted octanol–water partition coefficient (Wildman–Crippen LogP) is 6.40. The van der Waals surface area contributed by atoms with E-state index in [0.29, 0.717) is 0 Å². The Hall–Kier alpha value is -2.11. The van der Waals surface area contributed by atoms with E-state index in [0.717, 1.165) is 12.3 Å². The minimum Gasteiger partial charge on any atom is -0.0616 e. The lowest BCUT2D eigenvalue weighted by molar-refractivity contribution is 1.38. The molecule has 2 radical (unpaired) electrons. The van der Waals surface area contributed by atoms with Crippen LogP contribution >= 0.6 is 7.14 Å². The Bertz CT molecular complexity index is 1040. The second kappa shape index (κ2) is 5.45. The molecule has 0 aromatic heterocycles. The van der Waals surface area contributed by atoms with E-state index in [1.165, 1.54) is 43.8 Å². The fraction of sp³-hybridized carbons (Fsp3) is 0.130. The average molecular weight is 337 g/mol. The molecule has 1 aliphatic heterocycles. The standard InChI is InChI=1S/C23H19BP/c1-25(24)14-18-12-10-16-6-2-4-8-20(16)22(18)23-19(15-25)13-11-17-7-3-5-9-21(17)23/h2-13H,14-15H2,1H3/q+1. The zero-order valence-corrected chi connectivity index (χ0v) is 15.3. The third kappa shape index (κ3) is 2.42. The molecule has 0 fully saturated rings. The van der Waals surface area contributed by atoms with Crippen LogP contribution in [0.2, 0.25) is 0 Å². The highest BCUT2D eigenvalue weighted by Gasteiger charge is 2.33. The maximum atomic E-state index is 6.81. The van der Waals surface area contributed by atoms with E-state index >= 15 is 0 Å². The van der Waals surface area contributed by atoms with E-state index in [1.807, 2.05) is 0 Å². The largest absolute Gasteiger partial charge is 0.365 e. The van der Waals surface area contributed by atoms with Gasteiger partial charge < -0.3 is 0 Å². The zero-order chi connectivity index (χ0) is 17.0. The summed E-state index contributed by atoms with van der Waals surface area (Å²) in [5.74, 6) is 0. The van der Waals surface area contributed by atoms with Crippen LogP contribution in [0.15, 0.2) is 72.8 Å². The van der Waals surface area contributed by atoms with Crippen LogP contribution in [0, 0.1) is 0 Å². The third-order valence-corrected chi connectivity index (χ3v) is 7.47. The van der Waals surface area contributed by atoms with Gasteiger partial charge in [0.15, 0.2) is 0 Å². The van der Waals surface area contributed by atoms with Crippen LogP contribution in [-0.4, -0.2) is 14.2 Å². The number of fused-ring (bicyclic) bond motifs is 7. The molecule has 0 nitrogen and oxygen atoms in total. The van der Waals surface area contributed by atoms with Crippen LogP contribution in [0.1, 0.15) is 11.1 Å². The quantitative estimate of drug-likeness (QED) is 0.257. The average Bonchev–Trinajstić information content (AvgIpc) is 2.73. The summed E-state index contributed by atoms with van der Waals surface area (Å²) in [4.78, 5) is 0. The Labute approximate surface area is 150 Å². The molecule has 0 aliphatic carbocycles. The highest BCUT2D eigenvalue weighted by molar-refractivity contribution is 7.95. The minimum absolute atomic E-state index is 1.01. The number of hydrogen-bond acceptors (Lipinski definition) is 0. The molecule has 0 unspecified atom stereocenters. The minimum atomic E-state index is -1.50. The van der Waals surface area contributed by atoms with Crippen LogP contribution in [0.4, 0.5) is 0 Å². The van der Waals surface area contributed by atoms with Crippen LogP contribution in [0.5, 0.6) is 0 Å². The Morgan fingerprint density at radius 1 is 0.640 bits per heavy atom. The van der Waals surface area contributed by atoms with Gasteiger partial charge in [0.05, 0.1) is 12.3 Å². The molecular formula is C23H19BP+. The molecule has 0 N–H and O–H groups in total. The highest BCUT2D eigenvalue weighted by Crippen LogP contribution is 2.61.